The second-order valence-electron chi connectivity index (χ2n) is 16.1. The van der Waals surface area contributed by atoms with Gasteiger partial charge in [-0.3, -0.25) is 0 Å². The predicted molar refractivity (Wildman–Crippen MR) is 247 cm³/mol. The Bertz CT molecular complexity index is 3230. The monoisotopic (exact) mass is 752 g/mol. The number of benzene rings is 9. The smallest absolute Gasteiger partial charge is 0.160 e. The summed E-state index contributed by atoms with van der Waals surface area (Å²) in [6.45, 7) is 4.74. The average molecular weight is 753 g/mol. The van der Waals surface area contributed by atoms with Crippen LogP contribution in [0.5, 0.6) is 0 Å². The van der Waals surface area contributed by atoms with Crippen LogP contribution in [0, 0.1) is 0 Å². The van der Waals surface area contributed by atoms with Crippen molar-refractivity contribution >= 4 is 21.5 Å². The average Bonchev–Trinajstić information content (AvgIpc) is 3.53. The molecule has 11 rings (SSSR count). The lowest BCUT2D eigenvalue weighted by atomic mass is 9.81. The molecule has 59 heavy (non-hydrogen) atoms. The molecule has 0 bridgehead atoms. The van der Waals surface area contributed by atoms with Crippen LogP contribution in [0.25, 0.3) is 100.0 Å². The summed E-state index contributed by atoms with van der Waals surface area (Å²) < 4.78 is 0. The molecule has 2 nitrogen and oxygen atoms in total. The van der Waals surface area contributed by atoms with Crippen molar-refractivity contribution in [2.75, 3.05) is 0 Å². The van der Waals surface area contributed by atoms with Crippen molar-refractivity contribution in [2.45, 2.75) is 19.3 Å². The van der Waals surface area contributed by atoms with Crippen molar-refractivity contribution in [2.24, 2.45) is 0 Å². The first-order valence-corrected chi connectivity index (χ1v) is 20.4. The number of nitrogens with zero attached hydrogens (tertiary/aromatic N) is 2. The predicted octanol–water partition coefficient (Wildman–Crippen LogP) is 15.1. The molecule has 0 N–H and O–H groups in total. The molecule has 0 atom stereocenters. The largest absolute Gasteiger partial charge is 0.228 e. The highest BCUT2D eigenvalue weighted by Gasteiger charge is 2.37. The van der Waals surface area contributed by atoms with Gasteiger partial charge < -0.3 is 0 Å². The first kappa shape index (κ1) is 34.8. The normalized spacial score (nSPS) is 12.7. The van der Waals surface area contributed by atoms with Crippen molar-refractivity contribution in [3.8, 4) is 78.4 Å². The van der Waals surface area contributed by atoms with Gasteiger partial charge in [0.25, 0.3) is 0 Å². The Balaban J connectivity index is 1.08. The van der Waals surface area contributed by atoms with Crippen molar-refractivity contribution in [1.29, 1.82) is 0 Å². The number of aromatic nitrogens is 2. The molecule has 0 saturated heterocycles. The summed E-state index contributed by atoms with van der Waals surface area (Å²) in [7, 11) is 0. The van der Waals surface area contributed by atoms with Crippen LogP contribution in [0.3, 0.4) is 0 Å². The zero-order valence-electron chi connectivity index (χ0n) is 33.0. The van der Waals surface area contributed by atoms with E-state index in [1.165, 1.54) is 66.2 Å². The standard InChI is InChI=1S/C57H40N2/c1-57(2)51-30-16-29-49(55(51)50-34-40-21-9-10-22-41(40)35-52(50)57)46-28-14-12-26-44(46)47-31-32-48(45-27-13-11-25-43(45)47)54-36-53(58-56(59-54)38-19-7-4-8-20-38)42-24-15-23-39(33-42)37-17-5-3-6-18-37/h3-36H,1-2H3. The lowest BCUT2D eigenvalue weighted by Gasteiger charge is -2.22. The Hall–Kier alpha value is -7.42. The second kappa shape index (κ2) is 13.9. The highest BCUT2D eigenvalue weighted by molar-refractivity contribution is 6.08. The van der Waals surface area contributed by atoms with Gasteiger partial charge in [-0.25, -0.2) is 9.97 Å². The van der Waals surface area contributed by atoms with Crippen LogP contribution >= 0.6 is 0 Å². The fourth-order valence-electron chi connectivity index (χ4n) is 9.35. The molecular weight excluding hydrogens is 713 g/mol. The van der Waals surface area contributed by atoms with Crippen molar-refractivity contribution in [1.82, 2.24) is 9.97 Å². The van der Waals surface area contributed by atoms with E-state index in [1.54, 1.807) is 0 Å². The summed E-state index contributed by atoms with van der Waals surface area (Å²) in [6.07, 6.45) is 0. The Kier molecular flexibility index (Phi) is 8.20. The van der Waals surface area contributed by atoms with Crippen molar-refractivity contribution in [3.05, 3.63) is 217 Å². The third-order valence-electron chi connectivity index (χ3n) is 12.3. The van der Waals surface area contributed by atoms with Crippen LogP contribution < -0.4 is 0 Å². The van der Waals surface area contributed by atoms with Crippen LogP contribution in [0.1, 0.15) is 25.0 Å². The maximum absolute atomic E-state index is 5.28. The highest BCUT2D eigenvalue weighted by Crippen LogP contribution is 2.54. The molecule has 278 valence electrons. The summed E-state index contributed by atoms with van der Waals surface area (Å²) in [5.74, 6) is 0.704. The Morgan fingerprint density at radius 3 is 1.63 bits per heavy atom. The molecule has 0 aliphatic heterocycles. The minimum atomic E-state index is -0.119. The zero-order valence-corrected chi connectivity index (χ0v) is 33.0. The van der Waals surface area contributed by atoms with Crippen LogP contribution in [0.15, 0.2) is 206 Å². The molecule has 0 unspecified atom stereocenters. The Labute approximate surface area is 345 Å². The van der Waals surface area contributed by atoms with E-state index in [-0.39, 0.29) is 5.41 Å². The number of hydrogen-bond donors (Lipinski definition) is 0. The third-order valence-corrected chi connectivity index (χ3v) is 12.3. The molecule has 1 aliphatic rings. The topological polar surface area (TPSA) is 25.8 Å². The molecule has 2 heteroatoms. The van der Waals surface area contributed by atoms with E-state index in [1.807, 2.05) is 18.2 Å². The summed E-state index contributed by atoms with van der Waals surface area (Å²) in [5.41, 5.74) is 17.4. The first-order chi connectivity index (χ1) is 29.0. The van der Waals surface area contributed by atoms with Gasteiger partial charge >= 0.3 is 0 Å². The minimum absolute atomic E-state index is 0.119. The van der Waals surface area contributed by atoms with Gasteiger partial charge in [0, 0.05) is 22.1 Å². The van der Waals surface area contributed by atoms with E-state index in [0.717, 1.165) is 39.0 Å². The molecule has 1 aliphatic carbocycles. The first-order valence-electron chi connectivity index (χ1n) is 20.4. The summed E-state index contributed by atoms with van der Waals surface area (Å²) in [5, 5.41) is 4.89. The lowest BCUT2D eigenvalue weighted by Crippen LogP contribution is -2.14. The van der Waals surface area contributed by atoms with Crippen molar-refractivity contribution in [3.63, 3.8) is 0 Å². The van der Waals surface area contributed by atoms with Crippen LogP contribution in [0.4, 0.5) is 0 Å². The van der Waals surface area contributed by atoms with Gasteiger partial charge in [-0.2, -0.15) is 0 Å². The molecule has 0 radical (unpaired) electrons. The second-order valence-corrected chi connectivity index (χ2v) is 16.1. The number of rotatable bonds is 6. The van der Waals surface area contributed by atoms with E-state index in [4.69, 9.17) is 9.97 Å². The number of hydrogen-bond acceptors (Lipinski definition) is 2. The highest BCUT2D eigenvalue weighted by atomic mass is 14.9. The van der Waals surface area contributed by atoms with E-state index in [9.17, 15) is 0 Å². The molecule has 0 saturated carbocycles. The van der Waals surface area contributed by atoms with Gasteiger partial charge in [0.15, 0.2) is 5.82 Å². The van der Waals surface area contributed by atoms with Gasteiger partial charge in [0.05, 0.1) is 11.4 Å². The van der Waals surface area contributed by atoms with Gasteiger partial charge in [-0.05, 0) is 101 Å². The van der Waals surface area contributed by atoms with Crippen LogP contribution in [-0.2, 0) is 5.41 Å². The molecular formula is C57H40N2. The van der Waals surface area contributed by atoms with E-state index in [2.05, 4.69) is 202 Å². The van der Waals surface area contributed by atoms with E-state index < -0.39 is 0 Å². The van der Waals surface area contributed by atoms with E-state index >= 15 is 0 Å². The fraction of sp³-hybridized carbons (Fsp3) is 0.0526. The SMILES string of the molecule is CC1(C)c2cc3ccccc3cc2-c2c(-c3ccccc3-c3ccc(-c4cc(-c5cccc(-c6ccccc6)c5)nc(-c5ccccc5)n4)c4ccccc34)cccc21. The van der Waals surface area contributed by atoms with Gasteiger partial charge in [0.1, 0.15) is 0 Å². The quantitative estimate of drug-likeness (QED) is 0.169. The third kappa shape index (κ3) is 5.87. The van der Waals surface area contributed by atoms with Gasteiger partial charge in [-0.1, -0.05) is 196 Å². The maximum atomic E-state index is 5.28. The zero-order chi connectivity index (χ0) is 39.5. The van der Waals surface area contributed by atoms with Gasteiger partial charge in [0.2, 0.25) is 0 Å². The Morgan fingerprint density at radius 1 is 0.322 bits per heavy atom. The van der Waals surface area contributed by atoms with E-state index in [0.29, 0.717) is 5.82 Å². The molecule has 10 aromatic rings. The summed E-state index contributed by atoms with van der Waals surface area (Å²) >= 11 is 0. The summed E-state index contributed by atoms with van der Waals surface area (Å²) in [6, 6.07) is 74.4. The fourth-order valence-corrected chi connectivity index (χ4v) is 9.35. The lowest BCUT2D eigenvalue weighted by molar-refractivity contribution is 0.661. The number of fused-ring (bicyclic) bond motifs is 5. The van der Waals surface area contributed by atoms with Crippen molar-refractivity contribution < 1.29 is 0 Å². The van der Waals surface area contributed by atoms with Crippen LogP contribution in [-0.4, -0.2) is 9.97 Å². The molecule has 9 aromatic carbocycles. The molecule has 1 heterocycles. The Morgan fingerprint density at radius 2 is 0.864 bits per heavy atom. The summed E-state index contributed by atoms with van der Waals surface area (Å²) in [4.78, 5) is 10.5. The molecule has 0 spiro atoms. The maximum Gasteiger partial charge on any atom is 0.160 e. The molecule has 1 aromatic heterocycles. The minimum Gasteiger partial charge on any atom is -0.228 e. The van der Waals surface area contributed by atoms with Crippen LogP contribution in [0.2, 0.25) is 0 Å². The molecule has 0 amide bonds. The van der Waals surface area contributed by atoms with Gasteiger partial charge in [-0.15, -0.1) is 0 Å². The molecule has 0 fully saturated rings.